The molecule has 0 fully saturated rings. The van der Waals surface area contributed by atoms with Crippen LogP contribution in [0.1, 0.15) is 15.9 Å². The van der Waals surface area contributed by atoms with Gasteiger partial charge in [0.1, 0.15) is 34.6 Å². The molecule has 0 aliphatic carbocycles. The Labute approximate surface area is 251 Å². The molecule has 2 aromatic carbocycles. The highest BCUT2D eigenvalue weighted by atomic mass is 35.5. The van der Waals surface area contributed by atoms with Crippen molar-refractivity contribution in [3.63, 3.8) is 0 Å². The molecule has 0 bridgehead atoms. The van der Waals surface area contributed by atoms with Crippen molar-refractivity contribution in [2.45, 2.75) is 11.8 Å². The largest absolute Gasteiger partial charge is 0.491 e. The monoisotopic (exact) mass is 671 g/mol. The fourth-order valence-electron chi connectivity index (χ4n) is 3.91. The molecular formula is C26H22ClF2N3O10P2. The summed E-state index contributed by atoms with van der Waals surface area (Å²) >= 11 is 6.02. The Morgan fingerprint density at radius 1 is 0.977 bits per heavy atom. The van der Waals surface area contributed by atoms with Crippen LogP contribution in [0.25, 0.3) is 5.69 Å². The average Bonchev–Trinajstić information content (AvgIpc) is 2.92. The zero-order valence-electron chi connectivity index (χ0n) is 22.1. The van der Waals surface area contributed by atoms with Crippen LogP contribution in [-0.4, -0.2) is 46.9 Å². The van der Waals surface area contributed by atoms with Gasteiger partial charge in [0.15, 0.2) is 28.5 Å². The highest BCUT2D eigenvalue weighted by Crippen LogP contribution is 2.59. The molecular weight excluding hydrogens is 650 g/mol. The lowest BCUT2D eigenvalue weighted by atomic mass is 10.0. The SMILES string of the molecule is Nc1nccc(Oc2ccc(CC(=O)c3c(OCC(P(=O)(O)O)P(=O)(O)O)ccn(-c4ccc(F)cc4)c3=O)cc2F)c1Cl. The van der Waals surface area contributed by atoms with E-state index < -0.39 is 67.9 Å². The van der Waals surface area contributed by atoms with Crippen molar-refractivity contribution in [2.75, 3.05) is 12.3 Å². The zero-order chi connectivity index (χ0) is 32.4. The maximum atomic E-state index is 14.9. The number of ketones is 1. The summed E-state index contributed by atoms with van der Waals surface area (Å²) in [6.07, 6.45) is 1.80. The van der Waals surface area contributed by atoms with Crippen LogP contribution in [0.3, 0.4) is 0 Å². The fourth-order valence-corrected chi connectivity index (χ4v) is 6.16. The van der Waals surface area contributed by atoms with E-state index in [2.05, 4.69) is 4.98 Å². The molecule has 4 rings (SSSR count). The normalized spacial score (nSPS) is 11.9. The Balaban J connectivity index is 1.69. The van der Waals surface area contributed by atoms with E-state index in [9.17, 15) is 47.1 Å². The van der Waals surface area contributed by atoms with Crippen LogP contribution in [0.4, 0.5) is 14.6 Å². The van der Waals surface area contributed by atoms with Gasteiger partial charge in [-0.05, 0) is 48.0 Å². The van der Waals surface area contributed by atoms with E-state index in [-0.39, 0.29) is 33.6 Å². The van der Waals surface area contributed by atoms with E-state index in [1.165, 1.54) is 36.5 Å². The van der Waals surface area contributed by atoms with Crippen molar-refractivity contribution < 1.29 is 51.8 Å². The summed E-state index contributed by atoms with van der Waals surface area (Å²) < 4.78 is 63.4. The van der Waals surface area contributed by atoms with Crippen molar-refractivity contribution in [3.8, 4) is 22.9 Å². The van der Waals surface area contributed by atoms with Crippen molar-refractivity contribution >= 4 is 38.4 Å². The van der Waals surface area contributed by atoms with Gasteiger partial charge in [-0.1, -0.05) is 17.7 Å². The number of aromatic nitrogens is 2. The van der Waals surface area contributed by atoms with Gasteiger partial charge in [0, 0.05) is 30.6 Å². The van der Waals surface area contributed by atoms with Crippen LogP contribution >= 0.6 is 26.8 Å². The molecule has 232 valence electrons. The number of nitrogens with zero attached hydrogens (tertiary/aromatic N) is 2. The molecule has 0 amide bonds. The summed E-state index contributed by atoms with van der Waals surface area (Å²) in [7, 11) is -10.8. The van der Waals surface area contributed by atoms with Gasteiger partial charge in [0.25, 0.3) is 5.56 Å². The molecule has 0 atom stereocenters. The van der Waals surface area contributed by atoms with Gasteiger partial charge < -0.3 is 34.8 Å². The number of carbonyl (C=O) groups excluding carboxylic acids is 1. The predicted octanol–water partition coefficient (Wildman–Crippen LogP) is 4.02. The van der Waals surface area contributed by atoms with Gasteiger partial charge in [-0.25, -0.2) is 13.8 Å². The topological polar surface area (TPSA) is 212 Å². The number of halogens is 3. The quantitative estimate of drug-likeness (QED) is 0.113. The van der Waals surface area contributed by atoms with Crippen molar-refractivity contribution in [1.29, 1.82) is 0 Å². The predicted molar refractivity (Wildman–Crippen MR) is 154 cm³/mol. The summed E-state index contributed by atoms with van der Waals surface area (Å²) in [5.74, 6) is -3.36. The first-order valence-electron chi connectivity index (χ1n) is 12.2. The van der Waals surface area contributed by atoms with Crippen LogP contribution in [0.2, 0.25) is 5.02 Å². The van der Waals surface area contributed by atoms with Crippen LogP contribution in [-0.2, 0) is 15.6 Å². The lowest BCUT2D eigenvalue weighted by Crippen LogP contribution is -2.28. The van der Waals surface area contributed by atoms with Crippen molar-refractivity contribution in [3.05, 3.63) is 105 Å². The Morgan fingerprint density at radius 2 is 1.64 bits per heavy atom. The van der Waals surface area contributed by atoms with Gasteiger partial charge in [0.2, 0.25) is 0 Å². The molecule has 6 N–H and O–H groups in total. The molecule has 0 saturated heterocycles. The number of pyridine rings is 2. The highest BCUT2D eigenvalue weighted by Gasteiger charge is 2.44. The average molecular weight is 672 g/mol. The molecule has 0 unspecified atom stereocenters. The van der Waals surface area contributed by atoms with E-state index in [0.29, 0.717) is 0 Å². The number of Topliss-reactive ketones (excluding diaryl/α,β-unsaturated/α-hetero) is 1. The van der Waals surface area contributed by atoms with Gasteiger partial charge >= 0.3 is 15.2 Å². The second-order valence-corrected chi connectivity index (χ2v) is 13.5. The summed E-state index contributed by atoms with van der Waals surface area (Å²) in [6.45, 7) is -1.27. The molecule has 2 aromatic heterocycles. The third kappa shape index (κ3) is 7.58. The number of ether oxygens (including phenoxy) is 2. The first kappa shape index (κ1) is 33.0. The third-order valence-corrected chi connectivity index (χ3v) is 10.1. The molecule has 0 radical (unpaired) electrons. The van der Waals surface area contributed by atoms with Crippen molar-refractivity contribution in [2.24, 2.45) is 0 Å². The standard InChI is InChI=1S/C26H22ClF2N3O10P2/c27-24-21(7-9-31-25(24)30)42-19-6-1-14(11-17(19)29)12-18(33)23-20(41-13-22(43(35,36)37)44(38,39)40)8-10-32(26(23)34)16-4-2-15(28)3-5-16/h1-11,22H,12-13H2,(H2,30,31)(H2,35,36,37)(H2,38,39,40). The lowest BCUT2D eigenvalue weighted by molar-refractivity contribution is 0.0987. The first-order chi connectivity index (χ1) is 20.6. The van der Waals surface area contributed by atoms with Gasteiger partial charge in [-0.3, -0.25) is 23.3 Å². The summed E-state index contributed by atoms with van der Waals surface area (Å²) in [5.41, 5.74) is 4.10. The minimum Gasteiger partial charge on any atom is -0.491 e. The zero-order valence-corrected chi connectivity index (χ0v) is 24.6. The number of rotatable bonds is 11. The summed E-state index contributed by atoms with van der Waals surface area (Å²) in [6, 6.07) is 10.4. The second-order valence-electron chi connectivity index (χ2n) is 9.15. The third-order valence-electron chi connectivity index (χ3n) is 6.06. The molecule has 0 saturated carbocycles. The van der Waals surface area contributed by atoms with Crippen LogP contribution in [0.5, 0.6) is 17.2 Å². The Morgan fingerprint density at radius 3 is 2.25 bits per heavy atom. The van der Waals surface area contributed by atoms with Crippen molar-refractivity contribution in [1.82, 2.24) is 9.55 Å². The van der Waals surface area contributed by atoms with Gasteiger partial charge in [-0.2, -0.15) is 0 Å². The molecule has 44 heavy (non-hydrogen) atoms. The van der Waals surface area contributed by atoms with Crippen LogP contribution in [0.15, 0.2) is 71.8 Å². The first-order valence-corrected chi connectivity index (χ1v) is 15.9. The molecule has 0 spiro atoms. The summed E-state index contributed by atoms with van der Waals surface area (Å²) in [4.78, 5) is 68.4. The highest BCUT2D eigenvalue weighted by molar-refractivity contribution is 7.70. The molecule has 4 aromatic rings. The number of anilines is 1. The lowest BCUT2D eigenvalue weighted by Gasteiger charge is -2.21. The van der Waals surface area contributed by atoms with Gasteiger partial charge in [0.05, 0.1) is 0 Å². The van der Waals surface area contributed by atoms with E-state index >= 15 is 0 Å². The Hall–Kier alpha value is -3.94. The van der Waals surface area contributed by atoms with Gasteiger partial charge in [-0.15, -0.1) is 0 Å². The molecule has 18 heteroatoms. The molecule has 2 heterocycles. The summed E-state index contributed by atoms with van der Waals surface area (Å²) in [5, 5.41) is -2.65. The number of hydrogen-bond donors (Lipinski definition) is 5. The number of nitrogens with two attached hydrogens (primary N) is 1. The number of nitrogen functional groups attached to an aromatic ring is 1. The Bertz CT molecular complexity index is 1860. The van der Waals surface area contributed by atoms with E-state index in [4.69, 9.17) is 26.8 Å². The molecule has 0 aliphatic heterocycles. The van der Waals surface area contributed by atoms with E-state index in [1.807, 2.05) is 0 Å². The minimum atomic E-state index is -5.41. The number of benzene rings is 2. The number of hydrogen-bond acceptors (Lipinski definition) is 8. The maximum absolute atomic E-state index is 14.9. The van der Waals surface area contributed by atoms with E-state index in [0.717, 1.165) is 35.0 Å². The maximum Gasteiger partial charge on any atom is 0.344 e. The second kappa shape index (κ2) is 13.0. The fraction of sp³-hybridized carbons (Fsp3) is 0.115. The smallest absolute Gasteiger partial charge is 0.344 e. The van der Waals surface area contributed by atoms with Crippen LogP contribution < -0.4 is 20.8 Å². The Kier molecular flexibility index (Phi) is 9.71. The van der Waals surface area contributed by atoms with Crippen LogP contribution in [0, 0.1) is 11.6 Å². The minimum absolute atomic E-state index is 0.0122. The molecule has 13 nitrogen and oxygen atoms in total. The molecule has 0 aliphatic rings. The number of carbonyl (C=O) groups is 1. The van der Waals surface area contributed by atoms with E-state index in [1.54, 1.807) is 0 Å².